The van der Waals surface area contributed by atoms with E-state index in [4.69, 9.17) is 9.47 Å². The lowest BCUT2D eigenvalue weighted by molar-refractivity contribution is -0.161. The van der Waals surface area contributed by atoms with Crippen molar-refractivity contribution in [1.29, 1.82) is 0 Å². The Morgan fingerprint density at radius 1 is 0.729 bits per heavy atom. The van der Waals surface area contributed by atoms with Crippen LogP contribution in [0.3, 0.4) is 0 Å². The van der Waals surface area contributed by atoms with Gasteiger partial charge in [-0.15, -0.1) is 0 Å². The summed E-state index contributed by atoms with van der Waals surface area (Å²) in [5.74, 6) is 0.666. The number of unbranched alkanes of at least 4 members (excludes halogenated alkanes) is 2. The molecule has 0 aliphatic carbocycles. The predicted molar refractivity (Wildman–Crippen MR) is 288 cm³/mol. The number of amides is 4. The van der Waals surface area contributed by atoms with Gasteiger partial charge in [0.2, 0.25) is 23.6 Å². The molecule has 2 fully saturated rings. The molecule has 0 saturated carbocycles. The van der Waals surface area contributed by atoms with Gasteiger partial charge in [0.1, 0.15) is 0 Å². The maximum Gasteiger partial charge on any atom is 0.333 e. The van der Waals surface area contributed by atoms with Gasteiger partial charge in [-0.25, -0.2) is 4.79 Å². The van der Waals surface area contributed by atoms with Gasteiger partial charge < -0.3 is 39.7 Å². The Bertz CT molecular complexity index is 1570. The largest absolute Gasteiger partial charge is 0.465 e. The molecule has 2 aliphatic heterocycles. The predicted octanol–water partition coefficient (Wildman–Crippen LogP) is 9.73. The second-order valence-electron chi connectivity index (χ2n) is 20.7. The van der Waals surface area contributed by atoms with Crippen molar-refractivity contribution in [3.05, 3.63) is 37.1 Å². The normalized spacial score (nSPS) is 16.2. The van der Waals surface area contributed by atoms with Crippen LogP contribution in [0.5, 0.6) is 0 Å². The molecule has 70 heavy (non-hydrogen) atoms. The van der Waals surface area contributed by atoms with Crippen LogP contribution in [0.25, 0.3) is 0 Å². The molecule has 0 aromatic rings. The minimum Gasteiger partial charge on any atom is -0.465 e. The maximum absolute atomic E-state index is 13.7. The Balaban J connectivity index is 0. The van der Waals surface area contributed by atoms with Gasteiger partial charge in [0.05, 0.1) is 18.6 Å². The van der Waals surface area contributed by atoms with Crippen molar-refractivity contribution in [3.63, 3.8) is 0 Å². The molecule has 2 saturated heterocycles. The van der Waals surface area contributed by atoms with Crippen molar-refractivity contribution in [2.45, 2.75) is 184 Å². The Morgan fingerprint density at radius 3 is 1.61 bits per heavy atom. The summed E-state index contributed by atoms with van der Waals surface area (Å²) < 4.78 is 11.1. The number of carbonyl (C=O) groups is 6. The molecule has 0 radical (unpaired) electrons. The number of carbonyl (C=O) groups excluding carboxylic acids is 6. The van der Waals surface area contributed by atoms with Gasteiger partial charge in [-0.2, -0.15) is 0 Å². The van der Waals surface area contributed by atoms with Crippen molar-refractivity contribution in [2.24, 2.45) is 22.7 Å². The Morgan fingerprint density at radius 2 is 1.23 bits per heavy atom. The van der Waals surface area contributed by atoms with E-state index in [9.17, 15) is 28.8 Å². The van der Waals surface area contributed by atoms with Crippen molar-refractivity contribution < 1.29 is 38.2 Å². The second kappa shape index (κ2) is 38.6. The Kier molecular flexibility index (Phi) is 37.5. The quantitative estimate of drug-likeness (QED) is 0.0389. The van der Waals surface area contributed by atoms with E-state index in [-0.39, 0.29) is 41.6 Å². The molecule has 0 spiro atoms. The van der Waals surface area contributed by atoms with Crippen LogP contribution >= 0.6 is 0 Å². The number of likely N-dealkylation sites (tertiary alicyclic amines) is 2. The van der Waals surface area contributed by atoms with Gasteiger partial charge in [0.15, 0.2) is 0 Å². The van der Waals surface area contributed by atoms with Crippen LogP contribution in [0, 0.1) is 22.7 Å². The van der Waals surface area contributed by atoms with Crippen LogP contribution in [0.15, 0.2) is 37.1 Å². The Labute approximate surface area is 427 Å². The molecule has 2 heterocycles. The van der Waals surface area contributed by atoms with Crippen molar-refractivity contribution in [2.75, 3.05) is 80.7 Å². The summed E-state index contributed by atoms with van der Waals surface area (Å²) in [6, 6.07) is -0.0797. The van der Waals surface area contributed by atoms with E-state index in [1.165, 1.54) is 12.8 Å². The van der Waals surface area contributed by atoms with Gasteiger partial charge >= 0.3 is 11.9 Å². The molecule has 5 atom stereocenters. The summed E-state index contributed by atoms with van der Waals surface area (Å²) in [6.45, 7) is 36.3. The number of nitrogens with zero attached hydrogens (tertiary/aromatic N) is 4. The van der Waals surface area contributed by atoms with Gasteiger partial charge in [0.25, 0.3) is 0 Å². The van der Waals surface area contributed by atoms with E-state index in [0.717, 1.165) is 96.9 Å². The third-order valence-electron chi connectivity index (χ3n) is 13.2. The van der Waals surface area contributed by atoms with Crippen LogP contribution in [0.4, 0.5) is 0 Å². The van der Waals surface area contributed by atoms with E-state index in [1.807, 2.05) is 60.8 Å². The lowest BCUT2D eigenvalue weighted by Crippen LogP contribution is -2.47. The van der Waals surface area contributed by atoms with Crippen molar-refractivity contribution >= 4 is 35.6 Å². The number of esters is 2. The molecular weight excluding hydrogens is 885 g/mol. The SMILES string of the molecule is C=C(C)C(=O)NCCCN(C)C.C=C(C)C(=O)OCC(CC)CCCC.C=CN1CCCC1=O.CCCCC(CC)COC(=O)C(C)(CC(C)N1CCCC1=O)CC(C)(CC)C(=O)NCCCN(C)C. The van der Waals surface area contributed by atoms with Crippen LogP contribution in [0.1, 0.15) is 178 Å². The number of hydrogen-bond acceptors (Lipinski definition) is 10. The van der Waals surface area contributed by atoms with E-state index >= 15 is 0 Å². The minimum absolute atomic E-state index is 0.0120. The third kappa shape index (κ3) is 30.0. The summed E-state index contributed by atoms with van der Waals surface area (Å²) >= 11 is 0. The standard InChI is InChI=1S/C29H55N3O4.C12H22O2.C9H18N2O.C6H9NO/c1-9-12-15-24(10-2)21-36-27(35)29(6,20-23(4)32-19-13-16-25(32)33)22-28(5,11-3)26(34)30-17-14-18-31(7)8;1-5-7-8-11(6-2)9-14-12(13)10(3)4;1-8(2)9(12)10-6-5-7-11(3)4;1-2-7-5-3-4-6(7)8/h23-24H,9-22H2,1-8H3,(H,30,34);11H,3,5-9H2,1-2,4H3;1,5-7H2,2-4H3,(H,10,12);2H,1,3-5H2. The molecule has 5 unspecified atom stereocenters. The summed E-state index contributed by atoms with van der Waals surface area (Å²) in [5, 5.41) is 5.88. The highest BCUT2D eigenvalue weighted by Gasteiger charge is 2.46. The molecule has 14 heteroatoms. The average Bonchev–Trinajstić information content (AvgIpc) is 3.96. The summed E-state index contributed by atoms with van der Waals surface area (Å²) in [5.41, 5.74) is -0.514. The highest BCUT2D eigenvalue weighted by molar-refractivity contribution is 5.92. The molecule has 0 aromatic carbocycles. The van der Waals surface area contributed by atoms with Crippen molar-refractivity contribution in [1.82, 2.24) is 30.2 Å². The first-order valence-electron chi connectivity index (χ1n) is 26.6. The lowest BCUT2D eigenvalue weighted by Gasteiger charge is -2.39. The monoisotopic (exact) mass is 989 g/mol. The summed E-state index contributed by atoms with van der Waals surface area (Å²) in [4.78, 5) is 79.9. The molecule has 406 valence electrons. The van der Waals surface area contributed by atoms with Crippen LogP contribution in [-0.2, 0) is 38.2 Å². The molecule has 0 aromatic heterocycles. The summed E-state index contributed by atoms with van der Waals surface area (Å²) in [7, 11) is 8.07. The fraction of sp³-hybridized carbons (Fsp3) is 0.786. The zero-order valence-corrected chi connectivity index (χ0v) is 47.2. The van der Waals surface area contributed by atoms with Gasteiger partial charge in [-0.3, -0.25) is 24.0 Å². The lowest BCUT2D eigenvalue weighted by atomic mass is 9.68. The van der Waals surface area contributed by atoms with E-state index in [0.29, 0.717) is 74.8 Å². The van der Waals surface area contributed by atoms with Crippen LogP contribution in [-0.4, -0.2) is 142 Å². The second-order valence-corrected chi connectivity index (χ2v) is 20.7. The van der Waals surface area contributed by atoms with E-state index in [2.05, 4.69) is 67.9 Å². The van der Waals surface area contributed by atoms with Crippen molar-refractivity contribution in [3.8, 4) is 0 Å². The van der Waals surface area contributed by atoms with E-state index in [1.54, 1.807) is 24.9 Å². The highest BCUT2D eigenvalue weighted by Crippen LogP contribution is 2.42. The van der Waals surface area contributed by atoms with Crippen LogP contribution in [0.2, 0.25) is 0 Å². The van der Waals surface area contributed by atoms with Gasteiger partial charge in [-0.1, -0.05) is 99.8 Å². The highest BCUT2D eigenvalue weighted by atomic mass is 16.5. The number of nitrogens with one attached hydrogen (secondary N) is 2. The first-order chi connectivity index (χ1) is 32.9. The molecule has 2 rings (SSSR count). The Hall–Kier alpha value is -4.04. The fourth-order valence-corrected chi connectivity index (χ4v) is 8.25. The molecule has 2 N–H and O–H groups in total. The smallest absolute Gasteiger partial charge is 0.333 e. The fourth-order valence-electron chi connectivity index (χ4n) is 8.25. The first kappa shape index (κ1) is 68.0. The number of rotatable bonds is 31. The zero-order chi connectivity index (χ0) is 53.9. The molecule has 4 amide bonds. The third-order valence-corrected chi connectivity index (χ3v) is 13.2. The number of hydrogen-bond donors (Lipinski definition) is 2. The van der Waals surface area contributed by atoms with Crippen LogP contribution < -0.4 is 10.6 Å². The molecule has 14 nitrogen and oxygen atoms in total. The summed E-state index contributed by atoms with van der Waals surface area (Å²) in [6.07, 6.45) is 17.0. The molecule has 2 aliphatic rings. The average molecular weight is 989 g/mol. The van der Waals surface area contributed by atoms with Gasteiger partial charge in [0, 0.05) is 61.6 Å². The topological polar surface area (TPSA) is 158 Å². The van der Waals surface area contributed by atoms with Gasteiger partial charge in [-0.05, 0) is 145 Å². The minimum atomic E-state index is -0.864. The first-order valence-corrected chi connectivity index (χ1v) is 26.6. The zero-order valence-electron chi connectivity index (χ0n) is 47.2. The molecular formula is C56H104N6O8. The van der Waals surface area contributed by atoms with E-state index < -0.39 is 10.8 Å². The number of ether oxygens (including phenoxy) is 2. The molecule has 0 bridgehead atoms. The maximum atomic E-state index is 13.7.